The van der Waals surface area contributed by atoms with Crippen molar-refractivity contribution in [3.63, 3.8) is 0 Å². The Morgan fingerprint density at radius 3 is 3.09 bits per heavy atom. The van der Waals surface area contributed by atoms with E-state index in [0.717, 1.165) is 25.9 Å². The molecule has 0 aromatic heterocycles. The third kappa shape index (κ3) is 2.89. The van der Waals surface area contributed by atoms with Crippen molar-refractivity contribution in [2.75, 3.05) is 13.1 Å². The highest BCUT2D eigenvalue weighted by Crippen LogP contribution is 2.01. The van der Waals surface area contributed by atoms with Gasteiger partial charge in [0, 0.05) is 19.0 Å². The molecule has 11 heavy (non-hydrogen) atoms. The predicted molar refractivity (Wildman–Crippen MR) is 44.3 cm³/mol. The molecule has 0 bridgehead atoms. The summed E-state index contributed by atoms with van der Waals surface area (Å²) in [5.74, 6) is 0.194. The van der Waals surface area contributed by atoms with Gasteiger partial charge >= 0.3 is 0 Å². The normalized spacial score (nSPS) is 24.8. The summed E-state index contributed by atoms with van der Waals surface area (Å²) in [6, 6.07) is 0.507. The van der Waals surface area contributed by atoms with E-state index < -0.39 is 0 Å². The van der Waals surface area contributed by atoms with Gasteiger partial charge in [0.1, 0.15) is 0 Å². The summed E-state index contributed by atoms with van der Waals surface area (Å²) in [5.41, 5.74) is 0. The molecule has 1 saturated heterocycles. The second kappa shape index (κ2) is 4.34. The fourth-order valence-electron chi connectivity index (χ4n) is 1.26. The quantitative estimate of drug-likeness (QED) is 0.615. The van der Waals surface area contributed by atoms with E-state index in [1.807, 2.05) is 0 Å². The summed E-state index contributed by atoms with van der Waals surface area (Å²) in [4.78, 5) is 10.7. The Hall–Kier alpha value is -0.570. The molecule has 1 amide bonds. The zero-order valence-electron chi connectivity index (χ0n) is 7.02. The van der Waals surface area contributed by atoms with Gasteiger partial charge in [0.25, 0.3) is 0 Å². The van der Waals surface area contributed by atoms with Crippen LogP contribution < -0.4 is 10.6 Å². The van der Waals surface area contributed by atoms with Crippen LogP contribution in [0, 0.1) is 0 Å². The number of carbonyl (C=O) groups excluding carboxylic acids is 1. The van der Waals surface area contributed by atoms with Gasteiger partial charge in [-0.3, -0.25) is 4.79 Å². The monoisotopic (exact) mass is 156 g/mol. The highest BCUT2D eigenvalue weighted by Gasteiger charge is 2.16. The molecule has 1 fully saturated rings. The van der Waals surface area contributed by atoms with E-state index in [1.165, 1.54) is 0 Å². The first kappa shape index (κ1) is 8.53. The van der Waals surface area contributed by atoms with Gasteiger partial charge in [-0.05, 0) is 19.4 Å². The lowest BCUT2D eigenvalue weighted by molar-refractivity contribution is -0.122. The Kier molecular flexibility index (Phi) is 3.36. The predicted octanol–water partition coefficient (Wildman–Crippen LogP) is 0.265. The molecule has 2 N–H and O–H groups in total. The van der Waals surface area contributed by atoms with Crippen LogP contribution in [0.2, 0.25) is 0 Å². The highest BCUT2D eigenvalue weighted by atomic mass is 16.1. The Bertz CT molecular complexity index is 126. The molecule has 1 rings (SSSR count). The maximum absolute atomic E-state index is 10.7. The Morgan fingerprint density at radius 2 is 2.55 bits per heavy atom. The third-order valence-corrected chi connectivity index (χ3v) is 1.95. The summed E-state index contributed by atoms with van der Waals surface area (Å²) in [6.45, 7) is 4.01. The van der Waals surface area contributed by atoms with Gasteiger partial charge < -0.3 is 10.6 Å². The number of carbonyl (C=O) groups is 1. The van der Waals surface area contributed by atoms with Crippen LogP contribution in [0.5, 0.6) is 0 Å². The molecule has 0 aromatic carbocycles. The minimum Gasteiger partial charge on any atom is -0.355 e. The van der Waals surface area contributed by atoms with Crippen molar-refractivity contribution in [1.29, 1.82) is 0 Å². The van der Waals surface area contributed by atoms with E-state index in [-0.39, 0.29) is 5.91 Å². The smallest absolute Gasteiger partial charge is 0.220 e. The first-order valence-electron chi connectivity index (χ1n) is 4.33. The molecule has 0 radical (unpaired) electrons. The second-order valence-corrected chi connectivity index (χ2v) is 2.99. The highest BCUT2D eigenvalue weighted by molar-refractivity contribution is 5.76. The van der Waals surface area contributed by atoms with Gasteiger partial charge in [-0.25, -0.2) is 0 Å². The molecule has 1 heterocycles. The molecule has 1 atom stereocenters. The fourth-order valence-corrected chi connectivity index (χ4v) is 1.26. The maximum Gasteiger partial charge on any atom is 0.220 e. The van der Waals surface area contributed by atoms with E-state index in [2.05, 4.69) is 17.6 Å². The number of nitrogens with one attached hydrogen (secondary N) is 2. The molecule has 64 valence electrons. The van der Waals surface area contributed by atoms with E-state index in [0.29, 0.717) is 12.5 Å². The van der Waals surface area contributed by atoms with E-state index in [4.69, 9.17) is 0 Å². The number of rotatable bonds is 3. The zero-order valence-corrected chi connectivity index (χ0v) is 7.02. The van der Waals surface area contributed by atoms with Crippen molar-refractivity contribution in [2.45, 2.75) is 32.2 Å². The summed E-state index contributed by atoms with van der Waals surface area (Å²) in [7, 11) is 0. The standard InChI is InChI=1S/C8H16N2O/c1-2-5-9-7-3-4-8(11)10-6-7/h7,9H,2-6H2,1H3,(H,10,11). The van der Waals surface area contributed by atoms with Crippen molar-refractivity contribution in [3.05, 3.63) is 0 Å². The molecular weight excluding hydrogens is 140 g/mol. The van der Waals surface area contributed by atoms with Crippen molar-refractivity contribution < 1.29 is 4.79 Å². The van der Waals surface area contributed by atoms with Crippen LogP contribution in [0.25, 0.3) is 0 Å². The first-order valence-corrected chi connectivity index (χ1v) is 4.33. The lowest BCUT2D eigenvalue weighted by Gasteiger charge is -2.23. The number of hydrogen-bond acceptors (Lipinski definition) is 2. The van der Waals surface area contributed by atoms with Gasteiger partial charge in [-0.15, -0.1) is 0 Å². The number of amides is 1. The zero-order chi connectivity index (χ0) is 8.10. The summed E-state index contributed by atoms with van der Waals surface area (Å²) in [6.07, 6.45) is 2.83. The van der Waals surface area contributed by atoms with Crippen LogP contribution in [0.1, 0.15) is 26.2 Å². The van der Waals surface area contributed by atoms with Gasteiger partial charge in [-0.1, -0.05) is 6.92 Å². The largest absolute Gasteiger partial charge is 0.355 e. The molecule has 1 aliphatic heterocycles. The SMILES string of the molecule is CCCNC1CCC(=O)NC1. The first-order chi connectivity index (χ1) is 5.33. The third-order valence-electron chi connectivity index (χ3n) is 1.95. The van der Waals surface area contributed by atoms with E-state index in [9.17, 15) is 4.79 Å². The molecule has 1 aliphatic rings. The van der Waals surface area contributed by atoms with Crippen molar-refractivity contribution in [2.24, 2.45) is 0 Å². The summed E-state index contributed by atoms with van der Waals surface area (Å²) < 4.78 is 0. The topological polar surface area (TPSA) is 41.1 Å². The molecule has 3 heteroatoms. The molecular formula is C8H16N2O. The Balaban J connectivity index is 2.12. The van der Waals surface area contributed by atoms with Crippen molar-refractivity contribution in [1.82, 2.24) is 10.6 Å². The number of hydrogen-bond donors (Lipinski definition) is 2. The van der Waals surface area contributed by atoms with Gasteiger partial charge in [-0.2, -0.15) is 0 Å². The minimum atomic E-state index is 0.194. The molecule has 1 unspecified atom stereocenters. The molecule has 3 nitrogen and oxygen atoms in total. The Labute approximate surface area is 67.5 Å². The van der Waals surface area contributed by atoms with Crippen LogP contribution in [-0.2, 0) is 4.79 Å². The fraction of sp³-hybridized carbons (Fsp3) is 0.875. The average Bonchev–Trinajstić information content (AvgIpc) is 2.04. The van der Waals surface area contributed by atoms with E-state index >= 15 is 0 Å². The summed E-state index contributed by atoms with van der Waals surface area (Å²) >= 11 is 0. The molecule has 0 saturated carbocycles. The maximum atomic E-state index is 10.7. The van der Waals surface area contributed by atoms with Gasteiger partial charge in [0.15, 0.2) is 0 Å². The Morgan fingerprint density at radius 1 is 1.73 bits per heavy atom. The van der Waals surface area contributed by atoms with Crippen molar-refractivity contribution in [3.8, 4) is 0 Å². The van der Waals surface area contributed by atoms with Crippen LogP contribution in [0.4, 0.5) is 0 Å². The van der Waals surface area contributed by atoms with Gasteiger partial charge in [0.05, 0.1) is 0 Å². The van der Waals surface area contributed by atoms with Crippen LogP contribution in [0.15, 0.2) is 0 Å². The lowest BCUT2D eigenvalue weighted by Crippen LogP contribution is -2.45. The summed E-state index contributed by atoms with van der Waals surface area (Å²) in [5, 5.41) is 6.22. The van der Waals surface area contributed by atoms with Crippen LogP contribution in [0.3, 0.4) is 0 Å². The molecule has 0 spiro atoms. The second-order valence-electron chi connectivity index (χ2n) is 2.99. The minimum absolute atomic E-state index is 0.194. The van der Waals surface area contributed by atoms with E-state index in [1.54, 1.807) is 0 Å². The van der Waals surface area contributed by atoms with Gasteiger partial charge in [0.2, 0.25) is 5.91 Å². The molecule has 0 aromatic rings. The van der Waals surface area contributed by atoms with Crippen LogP contribution in [-0.4, -0.2) is 25.0 Å². The average molecular weight is 156 g/mol. The number of piperidine rings is 1. The van der Waals surface area contributed by atoms with Crippen LogP contribution >= 0.6 is 0 Å². The lowest BCUT2D eigenvalue weighted by atomic mass is 10.1. The van der Waals surface area contributed by atoms with Crippen molar-refractivity contribution >= 4 is 5.91 Å². The molecule has 0 aliphatic carbocycles.